The molecule has 5 aromatic rings. The predicted molar refractivity (Wildman–Crippen MR) is 174 cm³/mol. The minimum Gasteiger partial charge on any atom is -0.491 e. The lowest BCUT2D eigenvalue weighted by atomic mass is 10.1. The summed E-state index contributed by atoms with van der Waals surface area (Å²) >= 11 is 14.9. The van der Waals surface area contributed by atoms with E-state index in [1.165, 1.54) is 11.8 Å². The standard InChI is InChI=1S/C33H30Cl2N4O5S/c1-33(2)43-19-24(44-33)18-42-23-15-25(34)28(26(35)16-23)31-38-29(27-12-13-36-32(37-27)45-3)30(39(31)40)21-10-7-11-22(14-21)41-17-20-8-5-4-6-9-20/h4-16,24,40H,17-19H2,1-3H3. The van der Waals surface area contributed by atoms with Gasteiger partial charge in [-0.15, -0.1) is 0 Å². The van der Waals surface area contributed by atoms with Crippen LogP contribution >= 0.6 is 35.0 Å². The molecule has 0 bridgehead atoms. The molecule has 0 radical (unpaired) electrons. The van der Waals surface area contributed by atoms with Crippen molar-refractivity contribution in [3.63, 3.8) is 0 Å². The van der Waals surface area contributed by atoms with E-state index >= 15 is 0 Å². The van der Waals surface area contributed by atoms with E-state index in [1.807, 2.05) is 74.7 Å². The second-order valence-electron chi connectivity index (χ2n) is 10.7. The van der Waals surface area contributed by atoms with Crippen LogP contribution in [0.15, 0.2) is 84.1 Å². The molecule has 0 amide bonds. The van der Waals surface area contributed by atoms with Gasteiger partial charge in [0.2, 0.25) is 0 Å². The molecule has 1 aliphatic rings. The minimum absolute atomic E-state index is 0.135. The lowest BCUT2D eigenvalue weighted by Gasteiger charge is -2.17. The van der Waals surface area contributed by atoms with Gasteiger partial charge < -0.3 is 24.2 Å². The van der Waals surface area contributed by atoms with Gasteiger partial charge >= 0.3 is 0 Å². The highest BCUT2D eigenvalue weighted by Gasteiger charge is 2.33. The molecule has 9 nitrogen and oxygen atoms in total. The molecule has 0 aliphatic carbocycles. The molecule has 1 fully saturated rings. The first-order chi connectivity index (χ1) is 21.7. The summed E-state index contributed by atoms with van der Waals surface area (Å²) in [5, 5.41) is 12.7. The molecule has 6 rings (SSSR count). The number of aromatic nitrogens is 4. The third kappa shape index (κ3) is 7.05. The fourth-order valence-corrected chi connectivity index (χ4v) is 5.93. The molecular formula is C33H30Cl2N4O5S. The molecule has 1 atom stereocenters. The number of nitrogens with zero attached hydrogens (tertiary/aromatic N) is 4. The summed E-state index contributed by atoms with van der Waals surface area (Å²) in [6, 6.07) is 22.3. The summed E-state index contributed by atoms with van der Waals surface area (Å²) in [5.41, 5.74) is 3.33. The van der Waals surface area contributed by atoms with E-state index in [4.69, 9.17) is 47.1 Å². The normalized spacial score (nSPS) is 15.7. The highest BCUT2D eigenvalue weighted by molar-refractivity contribution is 7.98. The highest BCUT2D eigenvalue weighted by Crippen LogP contribution is 2.42. The van der Waals surface area contributed by atoms with Crippen LogP contribution in [0.1, 0.15) is 19.4 Å². The summed E-state index contributed by atoms with van der Waals surface area (Å²) in [7, 11) is 0. The van der Waals surface area contributed by atoms with Crippen molar-refractivity contribution in [1.29, 1.82) is 0 Å². The van der Waals surface area contributed by atoms with E-state index in [1.54, 1.807) is 24.4 Å². The van der Waals surface area contributed by atoms with Gasteiger partial charge in [0, 0.05) is 11.8 Å². The van der Waals surface area contributed by atoms with Gasteiger partial charge in [-0.25, -0.2) is 15.0 Å². The van der Waals surface area contributed by atoms with Gasteiger partial charge in [0.25, 0.3) is 0 Å². The van der Waals surface area contributed by atoms with E-state index in [0.717, 1.165) is 10.3 Å². The summed E-state index contributed by atoms with van der Waals surface area (Å²) in [5.74, 6) is 0.544. The van der Waals surface area contributed by atoms with Crippen molar-refractivity contribution in [2.45, 2.75) is 37.5 Å². The van der Waals surface area contributed by atoms with Gasteiger partial charge in [0.1, 0.15) is 42.2 Å². The first-order valence-electron chi connectivity index (χ1n) is 14.1. The first-order valence-corrected chi connectivity index (χ1v) is 16.1. The van der Waals surface area contributed by atoms with Crippen LogP contribution in [-0.4, -0.2) is 56.3 Å². The zero-order valence-electron chi connectivity index (χ0n) is 24.7. The van der Waals surface area contributed by atoms with Crippen LogP contribution in [0.5, 0.6) is 11.5 Å². The highest BCUT2D eigenvalue weighted by atomic mass is 35.5. The van der Waals surface area contributed by atoms with Crippen LogP contribution < -0.4 is 9.47 Å². The van der Waals surface area contributed by atoms with Crippen LogP contribution in [0.2, 0.25) is 10.0 Å². The van der Waals surface area contributed by atoms with Crippen LogP contribution in [0.25, 0.3) is 34.0 Å². The van der Waals surface area contributed by atoms with Crippen LogP contribution in [0.3, 0.4) is 0 Å². The second-order valence-corrected chi connectivity index (χ2v) is 12.3. The van der Waals surface area contributed by atoms with E-state index in [2.05, 4.69) is 9.97 Å². The third-order valence-corrected chi connectivity index (χ3v) is 8.17. The van der Waals surface area contributed by atoms with Gasteiger partial charge in [-0.05, 0) is 56.0 Å². The summed E-state index contributed by atoms with van der Waals surface area (Å²) in [6.45, 7) is 4.77. The maximum absolute atomic E-state index is 11.7. The maximum atomic E-state index is 11.7. The molecule has 1 saturated heterocycles. The van der Waals surface area contributed by atoms with Crippen molar-refractivity contribution in [2.75, 3.05) is 19.5 Å². The minimum atomic E-state index is -0.658. The zero-order chi connectivity index (χ0) is 31.6. The average molecular weight is 666 g/mol. The number of imidazole rings is 1. The summed E-state index contributed by atoms with van der Waals surface area (Å²) < 4.78 is 24.4. The molecular weight excluding hydrogens is 635 g/mol. The van der Waals surface area contributed by atoms with Crippen molar-refractivity contribution < 1.29 is 24.2 Å². The smallest absolute Gasteiger partial charge is 0.187 e. The summed E-state index contributed by atoms with van der Waals surface area (Å²) in [4.78, 5) is 13.8. The Labute approximate surface area is 275 Å². The Morgan fingerprint density at radius 2 is 1.76 bits per heavy atom. The number of hydrogen-bond acceptors (Lipinski definition) is 9. The molecule has 1 N–H and O–H groups in total. The third-order valence-electron chi connectivity index (χ3n) is 7.01. The average Bonchev–Trinajstić information content (AvgIpc) is 3.57. The van der Waals surface area contributed by atoms with Gasteiger partial charge in [-0.1, -0.05) is 77.4 Å². The molecule has 12 heteroatoms. The quantitative estimate of drug-likeness (QED) is 0.0902. The molecule has 1 unspecified atom stereocenters. The van der Waals surface area contributed by atoms with Gasteiger partial charge in [0.05, 0.1) is 27.9 Å². The van der Waals surface area contributed by atoms with Crippen molar-refractivity contribution in [1.82, 2.24) is 19.7 Å². The van der Waals surface area contributed by atoms with Gasteiger partial charge in [-0.3, -0.25) is 0 Å². The first kappa shape index (κ1) is 31.2. The fourth-order valence-electron chi connectivity index (χ4n) is 4.94. The Morgan fingerprint density at radius 1 is 0.978 bits per heavy atom. The Balaban J connectivity index is 1.37. The van der Waals surface area contributed by atoms with Crippen LogP contribution in [0.4, 0.5) is 0 Å². The Morgan fingerprint density at radius 3 is 2.47 bits per heavy atom. The Hall–Kier alpha value is -3.80. The van der Waals surface area contributed by atoms with Crippen molar-refractivity contribution >= 4 is 35.0 Å². The molecule has 2 aromatic heterocycles. The lowest BCUT2D eigenvalue weighted by molar-refractivity contribution is -0.141. The zero-order valence-corrected chi connectivity index (χ0v) is 27.1. The van der Waals surface area contributed by atoms with E-state index in [9.17, 15) is 5.21 Å². The summed E-state index contributed by atoms with van der Waals surface area (Å²) in [6.07, 6.45) is 3.31. The molecule has 3 aromatic carbocycles. The largest absolute Gasteiger partial charge is 0.491 e. The van der Waals surface area contributed by atoms with E-state index in [0.29, 0.717) is 58.1 Å². The van der Waals surface area contributed by atoms with Crippen molar-refractivity contribution in [2.24, 2.45) is 0 Å². The number of halogens is 2. The Kier molecular flexibility index (Phi) is 9.21. The van der Waals surface area contributed by atoms with Crippen molar-refractivity contribution in [3.8, 4) is 45.5 Å². The number of hydrogen-bond donors (Lipinski definition) is 1. The number of benzene rings is 3. The van der Waals surface area contributed by atoms with E-state index < -0.39 is 5.79 Å². The molecule has 45 heavy (non-hydrogen) atoms. The topological polar surface area (TPSA) is 101 Å². The van der Waals surface area contributed by atoms with Gasteiger partial charge in [-0.2, -0.15) is 4.73 Å². The molecule has 1 aliphatic heterocycles. The number of rotatable bonds is 10. The molecule has 0 saturated carbocycles. The number of thioether (sulfide) groups is 1. The lowest BCUT2D eigenvalue weighted by Crippen LogP contribution is -2.25. The Bertz CT molecular complexity index is 1800. The fraction of sp³-hybridized carbons (Fsp3) is 0.242. The van der Waals surface area contributed by atoms with Crippen LogP contribution in [-0.2, 0) is 16.1 Å². The second kappa shape index (κ2) is 13.3. The number of ether oxygens (including phenoxy) is 4. The molecule has 3 heterocycles. The monoisotopic (exact) mass is 664 g/mol. The predicted octanol–water partition coefficient (Wildman–Crippen LogP) is 8.05. The van der Waals surface area contributed by atoms with E-state index in [-0.39, 0.29) is 28.6 Å². The van der Waals surface area contributed by atoms with Crippen LogP contribution in [0, 0.1) is 0 Å². The van der Waals surface area contributed by atoms with Gasteiger partial charge in [0.15, 0.2) is 16.8 Å². The maximum Gasteiger partial charge on any atom is 0.187 e. The SMILES string of the molecule is CSc1nccc(-c2nc(-c3c(Cl)cc(OCC4COC(C)(C)O4)cc3Cl)n(O)c2-c2cccc(OCc3ccccc3)c2)n1. The molecule has 0 spiro atoms. The van der Waals surface area contributed by atoms with Crippen molar-refractivity contribution in [3.05, 3.63) is 94.6 Å². The molecule has 232 valence electrons.